The smallest absolute Gasteiger partial charge is 0.255 e. The summed E-state index contributed by atoms with van der Waals surface area (Å²) in [6, 6.07) is 13.7. The summed E-state index contributed by atoms with van der Waals surface area (Å²) in [5.41, 5.74) is 1.59. The van der Waals surface area contributed by atoms with Gasteiger partial charge < -0.3 is 20.3 Å². The van der Waals surface area contributed by atoms with E-state index in [9.17, 15) is 9.59 Å². The third-order valence-electron chi connectivity index (χ3n) is 3.61. The van der Waals surface area contributed by atoms with E-state index < -0.39 is 0 Å². The average molecular weight is 341 g/mol. The zero-order valence-electron chi connectivity index (χ0n) is 14.7. The summed E-state index contributed by atoms with van der Waals surface area (Å²) in [7, 11) is 5.44. The van der Waals surface area contributed by atoms with Crippen LogP contribution in [0.1, 0.15) is 20.7 Å². The summed E-state index contributed by atoms with van der Waals surface area (Å²) in [6.45, 7) is 1.34. The number of nitrogens with zero attached hydrogens (tertiary/aromatic N) is 1. The van der Waals surface area contributed by atoms with Crippen LogP contribution in [-0.4, -0.2) is 51.0 Å². The van der Waals surface area contributed by atoms with Gasteiger partial charge in [-0.15, -0.1) is 0 Å². The monoisotopic (exact) mass is 341 g/mol. The van der Waals surface area contributed by atoms with Crippen molar-refractivity contribution in [1.29, 1.82) is 0 Å². The van der Waals surface area contributed by atoms with Gasteiger partial charge in [0.25, 0.3) is 11.8 Å². The van der Waals surface area contributed by atoms with E-state index in [1.54, 1.807) is 43.5 Å². The first kappa shape index (κ1) is 18.5. The Bertz CT molecular complexity index is 727. The molecule has 6 nitrogen and oxygen atoms in total. The SMILES string of the molecule is COc1ccccc1NC(=O)c1ccc(C(=O)NCCN(C)C)cc1. The largest absolute Gasteiger partial charge is 0.495 e. The standard InChI is InChI=1S/C19H23N3O3/c1-22(2)13-12-20-18(23)14-8-10-15(11-9-14)19(24)21-16-6-4-5-7-17(16)25-3/h4-11H,12-13H2,1-3H3,(H,20,23)(H,21,24). The van der Waals surface area contributed by atoms with Crippen LogP contribution in [-0.2, 0) is 0 Å². The fraction of sp³-hybridized carbons (Fsp3) is 0.263. The van der Waals surface area contributed by atoms with Crippen LogP contribution in [0.25, 0.3) is 0 Å². The molecule has 0 aromatic heterocycles. The third kappa shape index (κ3) is 5.32. The highest BCUT2D eigenvalue weighted by molar-refractivity contribution is 6.05. The van der Waals surface area contributed by atoms with Gasteiger partial charge in [0.15, 0.2) is 0 Å². The molecule has 0 aliphatic carbocycles. The van der Waals surface area contributed by atoms with Crippen LogP contribution in [0.2, 0.25) is 0 Å². The van der Waals surface area contributed by atoms with Gasteiger partial charge in [0.05, 0.1) is 12.8 Å². The van der Waals surface area contributed by atoms with Gasteiger partial charge in [-0.2, -0.15) is 0 Å². The van der Waals surface area contributed by atoms with Crippen molar-refractivity contribution in [3.8, 4) is 5.75 Å². The van der Waals surface area contributed by atoms with Crippen LogP contribution in [0.3, 0.4) is 0 Å². The first-order valence-corrected chi connectivity index (χ1v) is 7.98. The Balaban J connectivity index is 1.99. The van der Waals surface area contributed by atoms with E-state index in [0.29, 0.717) is 29.1 Å². The van der Waals surface area contributed by atoms with Crippen LogP contribution < -0.4 is 15.4 Å². The lowest BCUT2D eigenvalue weighted by molar-refractivity contribution is 0.0949. The van der Waals surface area contributed by atoms with E-state index in [4.69, 9.17) is 4.74 Å². The second-order valence-corrected chi connectivity index (χ2v) is 5.79. The summed E-state index contributed by atoms with van der Waals surface area (Å²) in [5.74, 6) is 0.176. The maximum Gasteiger partial charge on any atom is 0.255 e. The highest BCUT2D eigenvalue weighted by atomic mass is 16.5. The predicted molar refractivity (Wildman–Crippen MR) is 98.3 cm³/mol. The van der Waals surface area contributed by atoms with Gasteiger partial charge in [-0.1, -0.05) is 12.1 Å². The molecule has 0 radical (unpaired) electrons. The zero-order valence-corrected chi connectivity index (χ0v) is 14.7. The molecule has 0 spiro atoms. The number of anilines is 1. The highest BCUT2D eigenvalue weighted by Crippen LogP contribution is 2.23. The van der Waals surface area contributed by atoms with Crippen LogP contribution in [0, 0.1) is 0 Å². The average Bonchev–Trinajstić information content (AvgIpc) is 2.62. The molecule has 2 aromatic carbocycles. The minimum absolute atomic E-state index is 0.154. The predicted octanol–water partition coefficient (Wildman–Crippen LogP) is 2.24. The number of hydrogen-bond donors (Lipinski definition) is 2. The van der Waals surface area contributed by atoms with Crippen LogP contribution in [0.5, 0.6) is 5.75 Å². The first-order valence-electron chi connectivity index (χ1n) is 7.98. The fourth-order valence-corrected chi connectivity index (χ4v) is 2.21. The number of nitrogens with one attached hydrogen (secondary N) is 2. The molecule has 0 atom stereocenters. The molecular formula is C19H23N3O3. The molecule has 6 heteroatoms. The Hall–Kier alpha value is -2.86. The molecule has 0 saturated carbocycles. The lowest BCUT2D eigenvalue weighted by Crippen LogP contribution is -2.31. The summed E-state index contributed by atoms with van der Waals surface area (Å²) >= 11 is 0. The van der Waals surface area contributed by atoms with Gasteiger partial charge in [0, 0.05) is 24.2 Å². The Kier molecular flexibility index (Phi) is 6.54. The van der Waals surface area contributed by atoms with Crippen LogP contribution in [0.15, 0.2) is 48.5 Å². The summed E-state index contributed by atoms with van der Waals surface area (Å²) in [6.07, 6.45) is 0. The molecule has 0 fully saturated rings. The number of benzene rings is 2. The molecule has 2 N–H and O–H groups in total. The van der Waals surface area contributed by atoms with E-state index in [1.165, 1.54) is 0 Å². The van der Waals surface area contributed by atoms with Crippen molar-refractivity contribution in [1.82, 2.24) is 10.2 Å². The van der Waals surface area contributed by atoms with Gasteiger partial charge in [0.2, 0.25) is 0 Å². The quantitative estimate of drug-likeness (QED) is 0.810. The van der Waals surface area contributed by atoms with Gasteiger partial charge in [-0.3, -0.25) is 9.59 Å². The summed E-state index contributed by atoms with van der Waals surface area (Å²) < 4.78 is 5.22. The second-order valence-electron chi connectivity index (χ2n) is 5.79. The Morgan fingerprint density at radius 2 is 1.56 bits per heavy atom. The van der Waals surface area contributed by atoms with E-state index >= 15 is 0 Å². The molecule has 0 aliphatic rings. The first-order chi connectivity index (χ1) is 12.0. The summed E-state index contributed by atoms with van der Waals surface area (Å²) in [5, 5.41) is 5.64. The summed E-state index contributed by atoms with van der Waals surface area (Å²) in [4.78, 5) is 26.4. The molecule has 132 valence electrons. The van der Waals surface area contributed by atoms with Crippen molar-refractivity contribution in [3.05, 3.63) is 59.7 Å². The van der Waals surface area contributed by atoms with Crippen LogP contribution in [0.4, 0.5) is 5.69 Å². The number of likely N-dealkylation sites (N-methyl/N-ethyl adjacent to an activating group) is 1. The van der Waals surface area contributed by atoms with Gasteiger partial charge >= 0.3 is 0 Å². The van der Waals surface area contributed by atoms with E-state index in [2.05, 4.69) is 10.6 Å². The minimum Gasteiger partial charge on any atom is -0.495 e. The molecule has 25 heavy (non-hydrogen) atoms. The fourth-order valence-electron chi connectivity index (χ4n) is 2.21. The van der Waals surface area contributed by atoms with E-state index in [-0.39, 0.29) is 11.8 Å². The molecule has 0 unspecified atom stereocenters. The molecule has 2 amide bonds. The van der Waals surface area contributed by atoms with Crippen molar-refractivity contribution < 1.29 is 14.3 Å². The molecule has 0 saturated heterocycles. The molecule has 2 aromatic rings. The number of rotatable bonds is 7. The second kappa shape index (κ2) is 8.84. The van der Waals surface area contributed by atoms with Crippen molar-refractivity contribution in [2.24, 2.45) is 0 Å². The highest BCUT2D eigenvalue weighted by Gasteiger charge is 2.11. The maximum absolute atomic E-state index is 12.3. The van der Waals surface area contributed by atoms with Crippen molar-refractivity contribution in [3.63, 3.8) is 0 Å². The number of hydrogen-bond acceptors (Lipinski definition) is 4. The molecule has 0 aliphatic heterocycles. The topological polar surface area (TPSA) is 70.7 Å². The number of carbonyl (C=O) groups is 2. The van der Waals surface area contributed by atoms with E-state index in [1.807, 2.05) is 31.1 Å². The maximum atomic E-state index is 12.3. The number of amides is 2. The van der Waals surface area contributed by atoms with Crippen molar-refractivity contribution in [2.75, 3.05) is 39.6 Å². The normalized spacial score (nSPS) is 10.4. The molecule has 0 heterocycles. The number of para-hydroxylation sites is 2. The third-order valence-corrected chi connectivity index (χ3v) is 3.61. The van der Waals surface area contributed by atoms with Gasteiger partial charge in [0.1, 0.15) is 5.75 Å². The van der Waals surface area contributed by atoms with E-state index in [0.717, 1.165) is 6.54 Å². The Morgan fingerprint density at radius 3 is 2.16 bits per heavy atom. The van der Waals surface area contributed by atoms with Gasteiger partial charge in [-0.25, -0.2) is 0 Å². The molecule has 2 rings (SSSR count). The Labute approximate surface area is 147 Å². The lowest BCUT2D eigenvalue weighted by atomic mass is 10.1. The number of methoxy groups -OCH3 is 1. The van der Waals surface area contributed by atoms with Crippen LogP contribution >= 0.6 is 0 Å². The number of carbonyl (C=O) groups excluding carboxylic acids is 2. The van der Waals surface area contributed by atoms with Crippen molar-refractivity contribution >= 4 is 17.5 Å². The number of ether oxygens (including phenoxy) is 1. The Morgan fingerprint density at radius 1 is 0.960 bits per heavy atom. The zero-order chi connectivity index (χ0) is 18.2. The molecule has 0 bridgehead atoms. The van der Waals surface area contributed by atoms with Crippen molar-refractivity contribution in [2.45, 2.75) is 0 Å². The lowest BCUT2D eigenvalue weighted by Gasteiger charge is -2.11. The minimum atomic E-state index is -0.260. The van der Waals surface area contributed by atoms with Gasteiger partial charge in [-0.05, 0) is 50.5 Å². The molecular weight excluding hydrogens is 318 g/mol.